The van der Waals surface area contributed by atoms with Gasteiger partial charge in [-0.1, -0.05) is 0 Å². The molecule has 70 valence electrons. The molecule has 0 aromatic carbocycles. The standard InChI is InChI=1S/C7H14N2O2S/c10-12(11)5-3-7(9-12)2-1-4-8-6-7/h8-9H,1-6H2. The molecule has 0 saturated carbocycles. The molecule has 0 aromatic rings. The van der Waals surface area contributed by atoms with Gasteiger partial charge in [0.2, 0.25) is 10.0 Å². The van der Waals surface area contributed by atoms with Crippen LogP contribution in [0, 0.1) is 0 Å². The molecule has 0 aromatic heterocycles. The summed E-state index contributed by atoms with van der Waals surface area (Å²) >= 11 is 0. The van der Waals surface area contributed by atoms with Crippen LogP contribution >= 0.6 is 0 Å². The lowest BCUT2D eigenvalue weighted by atomic mass is 9.89. The highest BCUT2D eigenvalue weighted by Gasteiger charge is 2.41. The van der Waals surface area contributed by atoms with Crippen molar-refractivity contribution in [1.29, 1.82) is 0 Å². The fraction of sp³-hybridized carbons (Fsp3) is 1.00. The Morgan fingerprint density at radius 2 is 2.08 bits per heavy atom. The molecule has 5 heteroatoms. The minimum absolute atomic E-state index is 0.142. The van der Waals surface area contributed by atoms with Gasteiger partial charge in [0.1, 0.15) is 0 Å². The quantitative estimate of drug-likeness (QED) is 0.538. The maximum atomic E-state index is 11.2. The van der Waals surface area contributed by atoms with Crippen LogP contribution in [0.4, 0.5) is 0 Å². The summed E-state index contributed by atoms with van der Waals surface area (Å²) in [5.41, 5.74) is -0.142. The van der Waals surface area contributed by atoms with Gasteiger partial charge in [-0.2, -0.15) is 0 Å². The Morgan fingerprint density at radius 3 is 2.58 bits per heavy atom. The van der Waals surface area contributed by atoms with Gasteiger partial charge < -0.3 is 5.32 Å². The number of sulfonamides is 1. The average molecular weight is 190 g/mol. The zero-order chi connectivity index (χ0) is 8.66. The Morgan fingerprint density at radius 1 is 1.25 bits per heavy atom. The molecule has 0 amide bonds. The van der Waals surface area contributed by atoms with E-state index in [9.17, 15) is 8.42 Å². The minimum Gasteiger partial charge on any atom is -0.315 e. The van der Waals surface area contributed by atoms with Crippen LogP contribution < -0.4 is 10.0 Å². The highest BCUT2D eigenvalue weighted by Crippen LogP contribution is 2.26. The Hall–Kier alpha value is -0.130. The maximum absolute atomic E-state index is 11.2. The third-order valence-corrected chi connectivity index (χ3v) is 4.18. The van der Waals surface area contributed by atoms with Crippen molar-refractivity contribution in [2.75, 3.05) is 18.8 Å². The van der Waals surface area contributed by atoms with E-state index in [0.29, 0.717) is 5.75 Å². The van der Waals surface area contributed by atoms with Gasteiger partial charge in [0.05, 0.1) is 5.75 Å². The minimum atomic E-state index is -2.94. The van der Waals surface area contributed by atoms with Crippen molar-refractivity contribution in [2.24, 2.45) is 0 Å². The van der Waals surface area contributed by atoms with Crippen LogP contribution in [0.25, 0.3) is 0 Å². The fourth-order valence-electron chi connectivity index (χ4n) is 2.03. The summed E-state index contributed by atoms with van der Waals surface area (Å²) in [5, 5.41) is 3.23. The lowest BCUT2D eigenvalue weighted by molar-refractivity contribution is 0.296. The summed E-state index contributed by atoms with van der Waals surface area (Å²) in [6.45, 7) is 1.82. The molecule has 1 unspecified atom stereocenters. The molecule has 12 heavy (non-hydrogen) atoms. The molecule has 2 heterocycles. The third kappa shape index (κ3) is 1.48. The number of hydrogen-bond donors (Lipinski definition) is 2. The van der Waals surface area contributed by atoms with Crippen LogP contribution in [0.2, 0.25) is 0 Å². The van der Waals surface area contributed by atoms with Crippen LogP contribution in [0.3, 0.4) is 0 Å². The Kier molecular flexibility index (Phi) is 1.89. The van der Waals surface area contributed by atoms with Crippen molar-refractivity contribution in [3.8, 4) is 0 Å². The molecular weight excluding hydrogens is 176 g/mol. The summed E-state index contributed by atoms with van der Waals surface area (Å²) in [4.78, 5) is 0. The van der Waals surface area contributed by atoms with Gasteiger partial charge >= 0.3 is 0 Å². The van der Waals surface area contributed by atoms with Crippen LogP contribution in [-0.4, -0.2) is 32.8 Å². The van der Waals surface area contributed by atoms with Crippen LogP contribution in [0.1, 0.15) is 19.3 Å². The average Bonchev–Trinajstić information content (AvgIpc) is 2.29. The third-order valence-electron chi connectivity index (χ3n) is 2.69. The predicted octanol–water partition coefficient (Wildman–Crippen LogP) is -0.568. The number of nitrogens with one attached hydrogen (secondary N) is 2. The summed E-state index contributed by atoms with van der Waals surface area (Å²) in [5.74, 6) is 0.300. The van der Waals surface area contributed by atoms with Gasteiger partial charge in [-0.25, -0.2) is 13.1 Å². The Bertz CT molecular complexity index is 267. The van der Waals surface area contributed by atoms with Gasteiger partial charge in [-0.15, -0.1) is 0 Å². The normalized spacial score (nSPS) is 40.3. The molecule has 2 rings (SSSR count). The molecule has 4 nitrogen and oxygen atoms in total. The molecule has 0 aliphatic carbocycles. The smallest absolute Gasteiger partial charge is 0.212 e. The largest absolute Gasteiger partial charge is 0.315 e. The zero-order valence-electron chi connectivity index (χ0n) is 6.97. The Labute approximate surface area is 72.8 Å². The van der Waals surface area contributed by atoms with E-state index < -0.39 is 10.0 Å². The van der Waals surface area contributed by atoms with Crippen molar-refractivity contribution in [3.05, 3.63) is 0 Å². The highest BCUT2D eigenvalue weighted by molar-refractivity contribution is 7.89. The van der Waals surface area contributed by atoms with E-state index in [-0.39, 0.29) is 5.54 Å². The van der Waals surface area contributed by atoms with Crippen molar-refractivity contribution in [3.63, 3.8) is 0 Å². The van der Waals surface area contributed by atoms with E-state index in [1.165, 1.54) is 0 Å². The van der Waals surface area contributed by atoms with Gasteiger partial charge in [0, 0.05) is 12.1 Å². The van der Waals surface area contributed by atoms with E-state index in [0.717, 1.165) is 32.4 Å². The predicted molar refractivity (Wildman–Crippen MR) is 46.4 cm³/mol. The molecule has 2 saturated heterocycles. The molecular formula is C7H14N2O2S. The number of rotatable bonds is 0. The Balaban J connectivity index is 2.13. The van der Waals surface area contributed by atoms with Crippen molar-refractivity contribution >= 4 is 10.0 Å². The zero-order valence-corrected chi connectivity index (χ0v) is 7.78. The SMILES string of the molecule is O=S1(=O)CCC2(CCCNC2)N1. The van der Waals surface area contributed by atoms with Crippen LogP contribution in [0.5, 0.6) is 0 Å². The molecule has 1 atom stereocenters. The van der Waals surface area contributed by atoms with E-state index in [1.54, 1.807) is 0 Å². The van der Waals surface area contributed by atoms with Crippen LogP contribution in [0.15, 0.2) is 0 Å². The van der Waals surface area contributed by atoms with Crippen LogP contribution in [-0.2, 0) is 10.0 Å². The van der Waals surface area contributed by atoms with Gasteiger partial charge in [0.25, 0.3) is 0 Å². The summed E-state index contributed by atoms with van der Waals surface area (Å²) in [6.07, 6.45) is 2.82. The molecule has 1 spiro atoms. The number of hydrogen-bond acceptors (Lipinski definition) is 3. The fourth-order valence-corrected chi connectivity index (χ4v) is 3.73. The first kappa shape index (κ1) is 8.47. The number of piperidine rings is 1. The molecule has 0 radical (unpaired) electrons. The van der Waals surface area contributed by atoms with E-state index in [1.807, 2.05) is 0 Å². The second-order valence-electron chi connectivity index (χ2n) is 3.73. The second-order valence-corrected chi connectivity index (χ2v) is 5.57. The van der Waals surface area contributed by atoms with E-state index >= 15 is 0 Å². The molecule has 2 aliphatic heterocycles. The van der Waals surface area contributed by atoms with Gasteiger partial charge in [0.15, 0.2) is 0 Å². The molecule has 2 N–H and O–H groups in total. The van der Waals surface area contributed by atoms with Crippen molar-refractivity contribution in [1.82, 2.24) is 10.0 Å². The summed E-state index contributed by atoms with van der Waals surface area (Å²) in [6, 6.07) is 0. The monoisotopic (exact) mass is 190 g/mol. The topological polar surface area (TPSA) is 58.2 Å². The molecule has 2 aliphatic rings. The van der Waals surface area contributed by atoms with Crippen molar-refractivity contribution in [2.45, 2.75) is 24.8 Å². The lowest BCUT2D eigenvalue weighted by Crippen LogP contribution is -2.52. The van der Waals surface area contributed by atoms with E-state index in [2.05, 4.69) is 10.0 Å². The van der Waals surface area contributed by atoms with Gasteiger partial charge in [-0.3, -0.25) is 0 Å². The highest BCUT2D eigenvalue weighted by atomic mass is 32.2. The first-order valence-corrected chi connectivity index (χ1v) is 6.00. The second kappa shape index (κ2) is 2.68. The first-order chi connectivity index (χ1) is 5.62. The molecule has 2 fully saturated rings. The lowest BCUT2D eigenvalue weighted by Gasteiger charge is -2.32. The van der Waals surface area contributed by atoms with E-state index in [4.69, 9.17) is 0 Å². The van der Waals surface area contributed by atoms with Gasteiger partial charge in [-0.05, 0) is 25.8 Å². The van der Waals surface area contributed by atoms with Crippen molar-refractivity contribution < 1.29 is 8.42 Å². The summed E-state index contributed by atoms with van der Waals surface area (Å²) < 4.78 is 25.1. The first-order valence-electron chi connectivity index (χ1n) is 4.34. The molecule has 0 bridgehead atoms. The summed E-state index contributed by atoms with van der Waals surface area (Å²) in [7, 11) is -2.94. The maximum Gasteiger partial charge on any atom is 0.212 e.